The Morgan fingerprint density at radius 1 is 0.636 bits per heavy atom. The maximum absolute atomic E-state index is 6.75. The van der Waals surface area contributed by atoms with Crippen LogP contribution in [0.25, 0.3) is 44.2 Å². The number of rotatable bonds is 0. The van der Waals surface area contributed by atoms with Gasteiger partial charge in [-0.25, -0.2) is 0 Å². The normalized spacial score (nSPS) is 1.45. The first kappa shape index (κ1) is 85.7. The summed E-state index contributed by atoms with van der Waals surface area (Å²) in [6, 6.07) is 0. The third-order valence-corrected chi connectivity index (χ3v) is 0. The van der Waals surface area contributed by atoms with Gasteiger partial charge in [0.25, 0.3) is 0 Å². The molecule has 0 atom stereocenters. The van der Waals surface area contributed by atoms with Crippen LogP contribution in [-0.2, 0) is 21.1 Å². The summed E-state index contributed by atoms with van der Waals surface area (Å²) >= 11 is 0. The molecule has 0 saturated heterocycles. The van der Waals surface area contributed by atoms with Crippen LogP contribution in [0, 0.1) is 0 Å². The van der Waals surface area contributed by atoms with E-state index in [-0.39, 0.29) is 44.3 Å². The fourth-order valence-electron chi connectivity index (χ4n) is 0. The molecule has 0 aromatic carbocycles. The standard InChI is InChI=1S/2N3.2H2N.2H2O.Pt/c2*1-3-2;;;;;/h;;4*1H2;/q4*-1;;;+4. The summed E-state index contributed by atoms with van der Waals surface area (Å²) < 4.78 is 0. The summed E-state index contributed by atoms with van der Waals surface area (Å²) in [7, 11) is 0. The molecule has 11 heavy (non-hydrogen) atoms. The molecule has 0 aromatic rings. The Labute approximate surface area is 76.8 Å². The van der Waals surface area contributed by atoms with E-state index < -0.39 is 0 Å². The summed E-state index contributed by atoms with van der Waals surface area (Å²) in [6.07, 6.45) is 0. The van der Waals surface area contributed by atoms with E-state index in [2.05, 4.69) is 0 Å². The van der Waals surface area contributed by atoms with Crippen LogP contribution in [0.15, 0.2) is 0 Å². The average Bonchev–Trinajstić information content (AvgIpc) is 1.39. The first-order chi connectivity index (χ1) is 2.83. The molecule has 8 N–H and O–H groups in total. The van der Waals surface area contributed by atoms with Crippen molar-refractivity contribution in [2.75, 3.05) is 0 Å². The fourth-order valence-corrected chi connectivity index (χ4v) is 0. The quantitative estimate of drug-likeness (QED) is 0.343. The summed E-state index contributed by atoms with van der Waals surface area (Å²) in [5.41, 5.74) is 27.0. The van der Waals surface area contributed by atoms with Crippen molar-refractivity contribution in [2.24, 2.45) is 0 Å². The van der Waals surface area contributed by atoms with E-state index in [1.54, 1.807) is 0 Å². The van der Waals surface area contributed by atoms with Gasteiger partial charge >= 0.3 is 21.1 Å². The van der Waals surface area contributed by atoms with E-state index in [0.29, 0.717) is 0 Å². The maximum atomic E-state index is 6.75. The zero-order chi connectivity index (χ0) is 5.41. The smallest absolute Gasteiger partial charge is 0.693 e. The van der Waals surface area contributed by atoms with Crippen LogP contribution >= 0.6 is 0 Å². The molecule has 0 aliphatic heterocycles. The third kappa shape index (κ3) is 644. The molecule has 0 spiro atoms. The molecule has 0 fully saturated rings. The molecule has 70 valence electrons. The molecular weight excluding hydrogens is 339 g/mol. The minimum absolute atomic E-state index is 0. The van der Waals surface area contributed by atoms with E-state index in [1.165, 1.54) is 9.82 Å². The number of nitrogens with zero attached hydrogens (tertiary/aromatic N) is 6. The van der Waals surface area contributed by atoms with Gasteiger partial charge in [-0.2, -0.15) is 0 Å². The molecule has 0 aromatic heterocycles. The molecule has 0 aliphatic rings. The zero-order valence-electron chi connectivity index (χ0n) is 5.15. The van der Waals surface area contributed by atoms with Gasteiger partial charge < -0.3 is 45.4 Å². The molecule has 0 amide bonds. The molecular formula is H8N8O2Pt. The van der Waals surface area contributed by atoms with Gasteiger partial charge in [0.05, 0.1) is 0 Å². The summed E-state index contributed by atoms with van der Waals surface area (Å²) in [5, 5.41) is 0. The van der Waals surface area contributed by atoms with E-state index in [1.807, 2.05) is 0 Å². The van der Waals surface area contributed by atoms with Crippen LogP contribution in [0.1, 0.15) is 0 Å². The molecule has 0 aliphatic carbocycles. The topological polar surface area (TPSA) is 247 Å². The molecule has 0 radical (unpaired) electrons. The van der Waals surface area contributed by atoms with Crippen LogP contribution in [0.5, 0.6) is 0 Å². The van der Waals surface area contributed by atoms with Crippen LogP contribution < -0.4 is 0 Å². The van der Waals surface area contributed by atoms with E-state index in [0.717, 1.165) is 0 Å². The molecule has 0 unspecified atom stereocenters. The minimum Gasteiger partial charge on any atom is -0.693 e. The van der Waals surface area contributed by atoms with Crippen LogP contribution in [-0.4, -0.2) is 11.0 Å². The number of hydrogen-bond acceptors (Lipinski definition) is 0. The Hall–Kier alpha value is -0.852. The van der Waals surface area contributed by atoms with Gasteiger partial charge in [-0.3, -0.25) is 9.82 Å². The SMILES string of the molecule is O.O.[N-]=[N+]=[N-].[N-]=[N+]=[N-].[NH2-].[NH2-].[Pt+4]. The van der Waals surface area contributed by atoms with Crippen LogP contribution in [0.3, 0.4) is 0 Å². The summed E-state index contributed by atoms with van der Waals surface area (Å²) in [5.74, 6) is 0. The van der Waals surface area contributed by atoms with Gasteiger partial charge in [-0.05, 0) is 0 Å². The van der Waals surface area contributed by atoms with E-state index in [4.69, 9.17) is 22.1 Å². The Morgan fingerprint density at radius 3 is 0.636 bits per heavy atom. The van der Waals surface area contributed by atoms with Crippen molar-refractivity contribution in [2.45, 2.75) is 0 Å². The van der Waals surface area contributed by atoms with E-state index >= 15 is 0 Å². The minimum atomic E-state index is 0. The van der Waals surface area contributed by atoms with E-state index in [9.17, 15) is 0 Å². The van der Waals surface area contributed by atoms with Crippen molar-refractivity contribution in [3.8, 4) is 0 Å². The third-order valence-electron chi connectivity index (χ3n) is 0. The molecule has 0 bridgehead atoms. The van der Waals surface area contributed by atoms with Gasteiger partial charge in [0, 0.05) is 0 Å². The number of hydrogen-bond donors (Lipinski definition) is 0. The van der Waals surface area contributed by atoms with Crippen molar-refractivity contribution in [3.05, 3.63) is 44.2 Å². The Morgan fingerprint density at radius 2 is 0.636 bits per heavy atom. The zero-order valence-corrected chi connectivity index (χ0v) is 7.43. The Bertz CT molecular complexity index is 66.1. The van der Waals surface area contributed by atoms with Crippen molar-refractivity contribution in [1.82, 2.24) is 0 Å². The first-order valence-electron chi connectivity index (χ1n) is 0.800. The van der Waals surface area contributed by atoms with Crippen molar-refractivity contribution < 1.29 is 32.0 Å². The summed E-state index contributed by atoms with van der Waals surface area (Å²) in [6.45, 7) is 0. The maximum Gasteiger partial charge on any atom is 4.00 e. The van der Waals surface area contributed by atoms with Crippen LogP contribution in [0.4, 0.5) is 0 Å². The average molecular weight is 347 g/mol. The molecule has 10 nitrogen and oxygen atoms in total. The second-order valence-electron chi connectivity index (χ2n) is 0.179. The van der Waals surface area contributed by atoms with Gasteiger partial charge in [0.15, 0.2) is 0 Å². The second kappa shape index (κ2) is 461. The largest absolute Gasteiger partial charge is 4.00 e. The van der Waals surface area contributed by atoms with Crippen molar-refractivity contribution in [3.63, 3.8) is 0 Å². The monoisotopic (exact) mass is 347 g/mol. The van der Waals surface area contributed by atoms with Gasteiger partial charge in [-0.1, -0.05) is 0 Å². The molecule has 11 heteroatoms. The van der Waals surface area contributed by atoms with Gasteiger partial charge in [-0.15, -0.1) is 0 Å². The second-order valence-corrected chi connectivity index (χ2v) is 0.179. The number of nitrogens with two attached hydrogens (primary N) is 2. The predicted molar refractivity (Wildman–Crippen MR) is 38.0 cm³/mol. The first-order valence-corrected chi connectivity index (χ1v) is 0.800. The molecule has 0 saturated carbocycles. The summed E-state index contributed by atoms with van der Waals surface area (Å²) in [4.78, 5) is 3.00. The van der Waals surface area contributed by atoms with Gasteiger partial charge in [0.1, 0.15) is 0 Å². The molecule has 0 rings (SSSR count). The Kier molecular flexibility index (Phi) is 3590. The molecule has 0 heterocycles. The van der Waals surface area contributed by atoms with Gasteiger partial charge in [0.2, 0.25) is 0 Å². The van der Waals surface area contributed by atoms with Crippen LogP contribution in [0.2, 0.25) is 0 Å². The van der Waals surface area contributed by atoms with Crippen molar-refractivity contribution >= 4 is 0 Å². The predicted octanol–water partition coefficient (Wildman–Crippen LogP) is 1.51. The fraction of sp³-hybridized carbons (Fsp3) is 0. The van der Waals surface area contributed by atoms with Crippen molar-refractivity contribution in [1.29, 1.82) is 0 Å². The Balaban J connectivity index is -0.00000000400.